The van der Waals surface area contributed by atoms with Crippen LogP contribution in [-0.2, 0) is 4.79 Å². The monoisotopic (exact) mass is 182 g/mol. The Hall–Kier alpha value is -0.570. The van der Waals surface area contributed by atoms with Gasteiger partial charge in [-0.15, -0.1) is 0 Å². The van der Waals surface area contributed by atoms with Gasteiger partial charge in [0, 0.05) is 14.1 Å². The molecule has 2 rings (SSSR count). The summed E-state index contributed by atoms with van der Waals surface area (Å²) >= 11 is 0. The zero-order chi connectivity index (χ0) is 9.47. The van der Waals surface area contributed by atoms with Gasteiger partial charge >= 0.3 is 0 Å². The Balaban J connectivity index is 1.94. The molecule has 3 heteroatoms. The standard InChI is InChI=1S/C10H18N2O/c1-12(2)11-9(13)10(6-7-10)8-4-3-5-8/h8H,3-7H2,1-2H3,(H,11,13). The van der Waals surface area contributed by atoms with Crippen LogP contribution in [0, 0.1) is 11.3 Å². The molecule has 0 saturated heterocycles. The minimum Gasteiger partial charge on any atom is -0.289 e. The molecule has 1 amide bonds. The second-order valence-electron chi connectivity index (χ2n) is 4.62. The lowest BCUT2D eigenvalue weighted by Crippen LogP contribution is -2.45. The van der Waals surface area contributed by atoms with Crippen molar-refractivity contribution in [1.82, 2.24) is 10.4 Å². The van der Waals surface area contributed by atoms with Gasteiger partial charge in [0.05, 0.1) is 5.41 Å². The second-order valence-corrected chi connectivity index (χ2v) is 4.62. The number of nitrogens with zero attached hydrogens (tertiary/aromatic N) is 1. The van der Waals surface area contributed by atoms with E-state index in [-0.39, 0.29) is 11.3 Å². The molecule has 0 bridgehead atoms. The van der Waals surface area contributed by atoms with Gasteiger partial charge in [-0.2, -0.15) is 0 Å². The Morgan fingerprint density at radius 3 is 2.31 bits per heavy atom. The maximum atomic E-state index is 11.8. The molecule has 2 fully saturated rings. The smallest absolute Gasteiger partial charge is 0.240 e. The Kier molecular flexibility index (Phi) is 2.06. The molecule has 0 atom stereocenters. The van der Waals surface area contributed by atoms with Crippen molar-refractivity contribution in [2.24, 2.45) is 11.3 Å². The van der Waals surface area contributed by atoms with E-state index < -0.39 is 0 Å². The third-order valence-corrected chi connectivity index (χ3v) is 3.45. The van der Waals surface area contributed by atoms with Crippen LogP contribution in [0.25, 0.3) is 0 Å². The summed E-state index contributed by atoms with van der Waals surface area (Å²) in [5, 5.41) is 1.75. The van der Waals surface area contributed by atoms with Crippen LogP contribution in [0.5, 0.6) is 0 Å². The minimum atomic E-state index is 0.0442. The highest BCUT2D eigenvalue weighted by Crippen LogP contribution is 2.58. The molecular weight excluding hydrogens is 164 g/mol. The molecular formula is C10H18N2O. The predicted molar refractivity (Wildman–Crippen MR) is 50.8 cm³/mol. The highest BCUT2D eigenvalue weighted by molar-refractivity contribution is 5.85. The first kappa shape index (κ1) is 9.00. The summed E-state index contributed by atoms with van der Waals surface area (Å²) in [6, 6.07) is 0. The fourth-order valence-corrected chi connectivity index (χ4v) is 2.23. The van der Waals surface area contributed by atoms with Crippen LogP contribution in [0.4, 0.5) is 0 Å². The van der Waals surface area contributed by atoms with E-state index in [2.05, 4.69) is 5.43 Å². The lowest BCUT2D eigenvalue weighted by atomic mass is 9.73. The SMILES string of the molecule is CN(C)NC(=O)C1(C2CCC2)CC1. The molecule has 13 heavy (non-hydrogen) atoms. The van der Waals surface area contributed by atoms with Crippen molar-refractivity contribution in [3.63, 3.8) is 0 Å². The quantitative estimate of drug-likeness (QED) is 0.664. The van der Waals surface area contributed by atoms with Crippen molar-refractivity contribution in [2.45, 2.75) is 32.1 Å². The summed E-state index contributed by atoms with van der Waals surface area (Å²) in [5.41, 5.74) is 2.93. The molecule has 74 valence electrons. The van der Waals surface area contributed by atoms with Gasteiger partial charge in [0.15, 0.2) is 0 Å². The molecule has 1 N–H and O–H groups in total. The number of hydrazine groups is 1. The Morgan fingerprint density at radius 2 is 2.00 bits per heavy atom. The number of carbonyl (C=O) groups is 1. The van der Waals surface area contributed by atoms with Gasteiger partial charge in [0.2, 0.25) is 5.91 Å². The molecule has 0 aromatic rings. The van der Waals surface area contributed by atoms with Gasteiger partial charge in [0.1, 0.15) is 0 Å². The first-order valence-corrected chi connectivity index (χ1v) is 5.13. The molecule has 0 aromatic heterocycles. The normalized spacial score (nSPS) is 25.5. The number of hydrogen-bond donors (Lipinski definition) is 1. The minimum absolute atomic E-state index is 0.0442. The number of rotatable bonds is 3. The van der Waals surface area contributed by atoms with Crippen molar-refractivity contribution in [1.29, 1.82) is 0 Å². The highest BCUT2D eigenvalue weighted by atomic mass is 16.2. The number of nitrogens with one attached hydrogen (secondary N) is 1. The Morgan fingerprint density at radius 1 is 1.38 bits per heavy atom. The van der Waals surface area contributed by atoms with Crippen molar-refractivity contribution in [3.8, 4) is 0 Å². The van der Waals surface area contributed by atoms with E-state index in [1.54, 1.807) is 5.01 Å². The molecule has 0 unspecified atom stereocenters. The molecule has 0 aliphatic heterocycles. The molecule has 0 heterocycles. The third kappa shape index (κ3) is 1.46. The first-order chi connectivity index (χ1) is 6.15. The van der Waals surface area contributed by atoms with Crippen LogP contribution < -0.4 is 5.43 Å². The van der Waals surface area contributed by atoms with Gasteiger partial charge in [-0.1, -0.05) is 6.42 Å². The summed E-state index contributed by atoms with van der Waals surface area (Å²) in [5.74, 6) is 0.939. The lowest BCUT2D eigenvalue weighted by molar-refractivity contribution is -0.133. The summed E-state index contributed by atoms with van der Waals surface area (Å²) in [6.07, 6.45) is 6.07. The summed E-state index contributed by atoms with van der Waals surface area (Å²) in [6.45, 7) is 0. The van der Waals surface area contributed by atoms with Gasteiger partial charge in [-0.25, -0.2) is 5.01 Å². The Bertz CT molecular complexity index is 217. The number of carbonyl (C=O) groups excluding carboxylic acids is 1. The summed E-state index contributed by atoms with van der Waals surface area (Å²) < 4.78 is 0. The zero-order valence-electron chi connectivity index (χ0n) is 8.47. The van der Waals surface area contributed by atoms with Crippen LogP contribution in [0.3, 0.4) is 0 Å². The van der Waals surface area contributed by atoms with Gasteiger partial charge in [0.25, 0.3) is 0 Å². The van der Waals surface area contributed by atoms with Gasteiger partial charge in [-0.3, -0.25) is 10.2 Å². The lowest BCUT2D eigenvalue weighted by Gasteiger charge is -2.33. The van der Waals surface area contributed by atoms with E-state index in [0.29, 0.717) is 5.92 Å². The van der Waals surface area contributed by atoms with Crippen molar-refractivity contribution in [3.05, 3.63) is 0 Å². The molecule has 2 saturated carbocycles. The van der Waals surface area contributed by atoms with E-state index >= 15 is 0 Å². The molecule has 3 nitrogen and oxygen atoms in total. The maximum absolute atomic E-state index is 11.8. The van der Waals surface area contributed by atoms with E-state index in [1.165, 1.54) is 19.3 Å². The third-order valence-electron chi connectivity index (χ3n) is 3.45. The van der Waals surface area contributed by atoms with Gasteiger partial charge < -0.3 is 0 Å². The van der Waals surface area contributed by atoms with Crippen LogP contribution in [0.2, 0.25) is 0 Å². The highest BCUT2D eigenvalue weighted by Gasteiger charge is 2.56. The topological polar surface area (TPSA) is 32.3 Å². The van der Waals surface area contributed by atoms with E-state index in [0.717, 1.165) is 12.8 Å². The van der Waals surface area contributed by atoms with Crippen molar-refractivity contribution < 1.29 is 4.79 Å². The predicted octanol–water partition coefficient (Wildman–Crippen LogP) is 1.16. The molecule has 0 spiro atoms. The summed E-state index contributed by atoms with van der Waals surface area (Å²) in [4.78, 5) is 11.8. The van der Waals surface area contributed by atoms with Crippen LogP contribution >= 0.6 is 0 Å². The fraction of sp³-hybridized carbons (Fsp3) is 0.900. The molecule has 2 aliphatic carbocycles. The molecule has 0 radical (unpaired) electrons. The average molecular weight is 182 g/mol. The number of amides is 1. The largest absolute Gasteiger partial charge is 0.289 e. The average Bonchev–Trinajstić information content (AvgIpc) is 2.63. The number of hydrogen-bond acceptors (Lipinski definition) is 2. The first-order valence-electron chi connectivity index (χ1n) is 5.13. The summed E-state index contributed by atoms with van der Waals surface area (Å²) in [7, 11) is 3.74. The molecule has 2 aliphatic rings. The fourth-order valence-electron chi connectivity index (χ4n) is 2.23. The van der Waals surface area contributed by atoms with E-state index in [9.17, 15) is 4.79 Å². The van der Waals surface area contributed by atoms with Crippen LogP contribution in [0.1, 0.15) is 32.1 Å². The van der Waals surface area contributed by atoms with Crippen molar-refractivity contribution >= 4 is 5.91 Å². The van der Waals surface area contributed by atoms with Crippen LogP contribution in [0.15, 0.2) is 0 Å². The second kappa shape index (κ2) is 2.98. The Labute approximate surface area is 79.5 Å². The van der Waals surface area contributed by atoms with Gasteiger partial charge in [-0.05, 0) is 31.6 Å². The van der Waals surface area contributed by atoms with Crippen molar-refractivity contribution in [2.75, 3.05) is 14.1 Å². The maximum Gasteiger partial charge on any atom is 0.240 e. The van der Waals surface area contributed by atoms with E-state index in [1.807, 2.05) is 14.1 Å². The molecule has 0 aromatic carbocycles. The zero-order valence-corrected chi connectivity index (χ0v) is 8.47. The van der Waals surface area contributed by atoms with E-state index in [4.69, 9.17) is 0 Å². The van der Waals surface area contributed by atoms with Crippen LogP contribution in [-0.4, -0.2) is 25.0 Å².